The Labute approximate surface area is 164 Å². The van der Waals surface area contributed by atoms with E-state index >= 15 is 0 Å². The van der Waals surface area contributed by atoms with Gasteiger partial charge >= 0.3 is 0 Å². The molecular formula is C21H24N6O. The van der Waals surface area contributed by atoms with Crippen LogP contribution in [0.1, 0.15) is 46.2 Å². The van der Waals surface area contributed by atoms with Crippen molar-refractivity contribution in [3.63, 3.8) is 0 Å². The Morgan fingerprint density at radius 3 is 2.68 bits per heavy atom. The second kappa shape index (κ2) is 7.42. The third-order valence-electron chi connectivity index (χ3n) is 5.28. The van der Waals surface area contributed by atoms with Gasteiger partial charge in [-0.1, -0.05) is 29.8 Å². The maximum atomic E-state index is 12.8. The van der Waals surface area contributed by atoms with Crippen molar-refractivity contribution in [2.24, 2.45) is 0 Å². The maximum Gasteiger partial charge on any atom is 0.272 e. The predicted molar refractivity (Wildman–Crippen MR) is 108 cm³/mol. The fourth-order valence-electron chi connectivity index (χ4n) is 3.88. The highest BCUT2D eigenvalue weighted by molar-refractivity contribution is 5.92. The van der Waals surface area contributed by atoms with E-state index in [0.29, 0.717) is 30.4 Å². The number of rotatable bonds is 3. The summed E-state index contributed by atoms with van der Waals surface area (Å²) < 4.78 is 0. The molecule has 7 heteroatoms. The first-order valence-corrected chi connectivity index (χ1v) is 9.52. The summed E-state index contributed by atoms with van der Waals surface area (Å²) in [7, 11) is 0. The molecule has 7 nitrogen and oxygen atoms in total. The van der Waals surface area contributed by atoms with E-state index in [2.05, 4.69) is 51.4 Å². The number of amides is 1. The van der Waals surface area contributed by atoms with E-state index in [1.807, 2.05) is 18.0 Å². The highest BCUT2D eigenvalue weighted by atomic mass is 16.2. The lowest BCUT2D eigenvalue weighted by atomic mass is 9.89. The molecule has 1 fully saturated rings. The van der Waals surface area contributed by atoms with Crippen LogP contribution in [0.3, 0.4) is 0 Å². The normalized spacial score (nSPS) is 15.0. The Morgan fingerprint density at radius 2 is 1.96 bits per heavy atom. The minimum absolute atomic E-state index is 0.0841. The molecule has 1 amide bonds. The minimum atomic E-state index is -0.0841. The molecule has 0 aliphatic carbocycles. The van der Waals surface area contributed by atoms with E-state index in [1.54, 1.807) is 6.07 Å². The van der Waals surface area contributed by atoms with Gasteiger partial charge in [0.15, 0.2) is 0 Å². The average Bonchev–Trinajstić information content (AvgIpc) is 3.17. The summed E-state index contributed by atoms with van der Waals surface area (Å²) in [5.41, 5.74) is 11.5. The number of hydrogen-bond acceptors (Lipinski definition) is 5. The molecule has 3 aromatic rings. The molecule has 0 bridgehead atoms. The third kappa shape index (κ3) is 3.60. The quantitative estimate of drug-likeness (QED) is 0.731. The van der Waals surface area contributed by atoms with Crippen LogP contribution in [0.2, 0.25) is 0 Å². The molecule has 1 aromatic carbocycles. The lowest BCUT2D eigenvalue weighted by Crippen LogP contribution is -2.38. The number of hydrogen-bond donors (Lipinski definition) is 2. The number of nitrogens with zero attached hydrogens (tertiary/aromatic N) is 4. The highest BCUT2D eigenvalue weighted by Gasteiger charge is 2.28. The minimum Gasteiger partial charge on any atom is -0.368 e. The summed E-state index contributed by atoms with van der Waals surface area (Å²) >= 11 is 0. The zero-order valence-corrected chi connectivity index (χ0v) is 16.1. The van der Waals surface area contributed by atoms with Crippen molar-refractivity contribution < 1.29 is 4.79 Å². The first-order valence-electron chi connectivity index (χ1n) is 9.52. The average molecular weight is 376 g/mol. The number of aryl methyl sites for hydroxylation is 2. The third-order valence-corrected chi connectivity index (χ3v) is 5.28. The standard InChI is InChI=1S/C21H24N6O/c1-13-4-3-5-16(10-13)17-12-23-26-19(17)15-6-8-27(9-7-15)20(28)18-11-14(2)24-21(22)25-18/h3-5,10-12,15H,6-9H2,1-2H3,(H,23,26)(H2,22,24,25). The van der Waals surface area contributed by atoms with Crippen LogP contribution < -0.4 is 5.73 Å². The molecule has 0 spiro atoms. The Bertz CT molecular complexity index is 983. The molecule has 1 aliphatic rings. The highest BCUT2D eigenvalue weighted by Crippen LogP contribution is 2.34. The van der Waals surface area contributed by atoms with Gasteiger partial charge in [0.05, 0.1) is 6.20 Å². The number of carbonyl (C=O) groups is 1. The molecule has 0 atom stereocenters. The van der Waals surface area contributed by atoms with Gasteiger partial charge in [0, 0.05) is 36.0 Å². The second-order valence-electron chi connectivity index (χ2n) is 7.39. The number of piperidine rings is 1. The van der Waals surface area contributed by atoms with Crippen LogP contribution in [0, 0.1) is 13.8 Å². The van der Waals surface area contributed by atoms with Gasteiger partial charge in [-0.05, 0) is 38.3 Å². The lowest BCUT2D eigenvalue weighted by Gasteiger charge is -2.31. The van der Waals surface area contributed by atoms with Crippen molar-refractivity contribution >= 4 is 11.9 Å². The van der Waals surface area contributed by atoms with Gasteiger partial charge in [-0.15, -0.1) is 0 Å². The van der Waals surface area contributed by atoms with E-state index in [9.17, 15) is 4.79 Å². The number of aromatic nitrogens is 4. The molecular weight excluding hydrogens is 352 g/mol. The number of aromatic amines is 1. The zero-order chi connectivity index (χ0) is 19.7. The van der Waals surface area contributed by atoms with Gasteiger partial charge in [0.2, 0.25) is 5.95 Å². The Hall–Kier alpha value is -3.22. The first kappa shape index (κ1) is 18.2. The van der Waals surface area contributed by atoms with Crippen molar-refractivity contribution in [1.29, 1.82) is 0 Å². The monoisotopic (exact) mass is 376 g/mol. The van der Waals surface area contributed by atoms with Crippen LogP contribution in [0.25, 0.3) is 11.1 Å². The Balaban J connectivity index is 1.48. The molecule has 0 saturated carbocycles. The Kier molecular flexibility index (Phi) is 4.81. The van der Waals surface area contributed by atoms with Gasteiger partial charge in [0.25, 0.3) is 5.91 Å². The Morgan fingerprint density at radius 1 is 1.18 bits per heavy atom. The van der Waals surface area contributed by atoms with Crippen LogP contribution >= 0.6 is 0 Å². The van der Waals surface area contributed by atoms with E-state index < -0.39 is 0 Å². The number of benzene rings is 1. The molecule has 4 rings (SSSR count). The summed E-state index contributed by atoms with van der Waals surface area (Å²) in [4.78, 5) is 22.8. The number of nitrogen functional groups attached to an aromatic ring is 1. The molecule has 2 aromatic heterocycles. The molecule has 3 N–H and O–H groups in total. The van der Waals surface area contributed by atoms with Crippen molar-refractivity contribution in [3.8, 4) is 11.1 Å². The molecule has 144 valence electrons. The van der Waals surface area contributed by atoms with Crippen LogP contribution in [-0.2, 0) is 0 Å². The topological polar surface area (TPSA) is 101 Å². The molecule has 3 heterocycles. The summed E-state index contributed by atoms with van der Waals surface area (Å²) in [5.74, 6) is 0.400. The lowest BCUT2D eigenvalue weighted by molar-refractivity contribution is 0.0706. The number of anilines is 1. The van der Waals surface area contributed by atoms with Gasteiger partial charge in [-0.2, -0.15) is 5.10 Å². The second-order valence-corrected chi connectivity index (χ2v) is 7.39. The van der Waals surface area contributed by atoms with Gasteiger partial charge < -0.3 is 10.6 Å². The SMILES string of the molecule is Cc1cccc(-c2cn[nH]c2C2CCN(C(=O)c3cc(C)nc(N)n3)CC2)c1. The van der Waals surface area contributed by atoms with Crippen molar-refractivity contribution in [2.45, 2.75) is 32.6 Å². The van der Waals surface area contributed by atoms with Crippen LogP contribution in [0.4, 0.5) is 5.95 Å². The zero-order valence-electron chi connectivity index (χ0n) is 16.1. The number of carbonyl (C=O) groups excluding carboxylic acids is 1. The predicted octanol–water partition coefficient (Wildman–Crippen LogP) is 3.09. The molecule has 0 unspecified atom stereocenters. The van der Waals surface area contributed by atoms with Crippen molar-refractivity contribution in [1.82, 2.24) is 25.1 Å². The van der Waals surface area contributed by atoms with E-state index in [-0.39, 0.29) is 11.9 Å². The first-order chi connectivity index (χ1) is 13.5. The van der Waals surface area contributed by atoms with Crippen molar-refractivity contribution in [3.05, 3.63) is 59.2 Å². The van der Waals surface area contributed by atoms with E-state index in [0.717, 1.165) is 24.1 Å². The number of nitrogens with one attached hydrogen (secondary N) is 1. The number of likely N-dealkylation sites (tertiary alicyclic amines) is 1. The van der Waals surface area contributed by atoms with Crippen molar-refractivity contribution in [2.75, 3.05) is 18.8 Å². The van der Waals surface area contributed by atoms with Gasteiger partial charge in [-0.25, -0.2) is 9.97 Å². The van der Waals surface area contributed by atoms with Gasteiger partial charge in [-0.3, -0.25) is 9.89 Å². The van der Waals surface area contributed by atoms with Crippen LogP contribution in [-0.4, -0.2) is 44.1 Å². The molecule has 28 heavy (non-hydrogen) atoms. The van der Waals surface area contributed by atoms with Crippen LogP contribution in [0.5, 0.6) is 0 Å². The molecule has 1 saturated heterocycles. The summed E-state index contributed by atoms with van der Waals surface area (Å²) in [6.07, 6.45) is 3.66. The summed E-state index contributed by atoms with van der Waals surface area (Å²) in [6.45, 7) is 5.26. The van der Waals surface area contributed by atoms with E-state index in [1.165, 1.54) is 11.1 Å². The maximum absolute atomic E-state index is 12.8. The smallest absolute Gasteiger partial charge is 0.272 e. The summed E-state index contributed by atoms with van der Waals surface area (Å²) in [6, 6.07) is 10.1. The largest absolute Gasteiger partial charge is 0.368 e. The fourth-order valence-corrected chi connectivity index (χ4v) is 3.88. The number of H-pyrrole nitrogens is 1. The van der Waals surface area contributed by atoms with Crippen LogP contribution in [0.15, 0.2) is 36.5 Å². The summed E-state index contributed by atoms with van der Waals surface area (Å²) in [5, 5.41) is 7.48. The number of nitrogens with two attached hydrogens (primary N) is 1. The van der Waals surface area contributed by atoms with E-state index in [4.69, 9.17) is 5.73 Å². The van der Waals surface area contributed by atoms with Gasteiger partial charge in [0.1, 0.15) is 5.69 Å². The molecule has 0 radical (unpaired) electrons. The molecule has 1 aliphatic heterocycles. The fraction of sp³-hybridized carbons (Fsp3) is 0.333.